The van der Waals surface area contributed by atoms with Crippen LogP contribution in [0.15, 0.2) is 42.7 Å². The molecule has 4 heteroatoms. The van der Waals surface area contributed by atoms with Crippen molar-refractivity contribution in [3.8, 4) is 0 Å². The molecule has 2 fully saturated rings. The molecule has 2 saturated heterocycles. The van der Waals surface area contributed by atoms with Gasteiger partial charge in [0.2, 0.25) is 0 Å². The van der Waals surface area contributed by atoms with Crippen molar-refractivity contribution in [3.05, 3.63) is 48.3 Å². The molecule has 1 aromatic heterocycles. The Hall–Kier alpha value is -1.81. The van der Waals surface area contributed by atoms with Gasteiger partial charge in [0.25, 0.3) is 0 Å². The van der Waals surface area contributed by atoms with Gasteiger partial charge in [-0.15, -0.1) is 0 Å². The number of anilines is 1. The lowest BCUT2D eigenvalue weighted by Crippen LogP contribution is -2.39. The van der Waals surface area contributed by atoms with Gasteiger partial charge in [0.1, 0.15) is 0 Å². The molecule has 3 heterocycles. The van der Waals surface area contributed by atoms with E-state index in [-0.39, 0.29) is 0 Å². The molecular weight excluding hydrogens is 260 g/mol. The molecule has 0 aliphatic carbocycles. The molecule has 3 unspecified atom stereocenters. The zero-order valence-corrected chi connectivity index (χ0v) is 12.3. The second-order valence-corrected chi connectivity index (χ2v) is 6.29. The molecule has 110 valence electrons. The van der Waals surface area contributed by atoms with Crippen molar-refractivity contribution in [3.63, 3.8) is 0 Å². The van der Waals surface area contributed by atoms with Crippen molar-refractivity contribution in [2.45, 2.75) is 25.4 Å². The van der Waals surface area contributed by atoms with Crippen LogP contribution in [-0.2, 0) is 6.54 Å². The third-order valence-corrected chi connectivity index (χ3v) is 4.82. The first-order chi connectivity index (χ1) is 10.4. The lowest BCUT2D eigenvalue weighted by atomic mass is 9.94. The zero-order chi connectivity index (χ0) is 14.1. The largest absolute Gasteiger partial charge is 0.382 e. The molecule has 2 bridgehead atoms. The monoisotopic (exact) mass is 282 g/mol. The molecule has 1 aromatic carbocycles. The lowest BCUT2D eigenvalue weighted by molar-refractivity contribution is 0.255. The van der Waals surface area contributed by atoms with E-state index in [9.17, 15) is 0 Å². The van der Waals surface area contributed by atoms with Crippen LogP contribution in [-0.4, -0.2) is 40.4 Å². The number of piperidine rings is 1. The Balaban J connectivity index is 1.45. The molecule has 3 atom stereocenters. The van der Waals surface area contributed by atoms with E-state index in [4.69, 9.17) is 0 Å². The van der Waals surface area contributed by atoms with E-state index in [0.717, 1.165) is 12.5 Å². The number of hydrogen-bond acceptors (Lipinski definition) is 3. The van der Waals surface area contributed by atoms with Crippen molar-refractivity contribution < 1.29 is 0 Å². The molecule has 4 nitrogen and oxygen atoms in total. The normalized spacial score (nSPS) is 27.7. The smallest absolute Gasteiger partial charge is 0.0660 e. The van der Waals surface area contributed by atoms with Crippen LogP contribution < -0.4 is 5.32 Å². The maximum absolute atomic E-state index is 4.28. The molecule has 1 N–H and O–H groups in total. The van der Waals surface area contributed by atoms with Gasteiger partial charge in [-0.2, -0.15) is 5.10 Å². The third-order valence-electron chi connectivity index (χ3n) is 4.82. The highest BCUT2D eigenvalue weighted by Gasteiger charge is 2.33. The van der Waals surface area contributed by atoms with E-state index in [1.54, 1.807) is 0 Å². The predicted molar refractivity (Wildman–Crippen MR) is 84.3 cm³/mol. The Labute approximate surface area is 125 Å². The Morgan fingerprint density at radius 3 is 3.05 bits per heavy atom. The van der Waals surface area contributed by atoms with Gasteiger partial charge in [-0.3, -0.25) is 4.68 Å². The molecular formula is C17H22N4. The van der Waals surface area contributed by atoms with Crippen LogP contribution in [0.4, 0.5) is 5.69 Å². The number of fused-ring (bicyclic) bond motifs is 2. The number of hydrogen-bond donors (Lipinski definition) is 1. The Kier molecular flexibility index (Phi) is 3.39. The molecule has 2 aliphatic heterocycles. The SMILES string of the molecule is c1cc(Cn2cccn2)cc(NC2CCN3CCC2C3)c1. The van der Waals surface area contributed by atoms with Crippen LogP contribution >= 0.6 is 0 Å². The van der Waals surface area contributed by atoms with Gasteiger partial charge in [0, 0.05) is 37.2 Å². The van der Waals surface area contributed by atoms with Crippen molar-refractivity contribution in [2.75, 3.05) is 25.0 Å². The Morgan fingerprint density at radius 2 is 2.14 bits per heavy atom. The number of nitrogens with one attached hydrogen (secondary N) is 1. The van der Waals surface area contributed by atoms with Gasteiger partial charge >= 0.3 is 0 Å². The lowest BCUT2D eigenvalue weighted by Gasteiger charge is -2.31. The summed E-state index contributed by atoms with van der Waals surface area (Å²) < 4.78 is 1.97. The van der Waals surface area contributed by atoms with Crippen molar-refractivity contribution in [2.24, 2.45) is 5.92 Å². The summed E-state index contributed by atoms with van der Waals surface area (Å²) in [5.41, 5.74) is 2.55. The first kappa shape index (κ1) is 12.9. The number of aromatic nitrogens is 2. The number of rotatable bonds is 4. The molecule has 2 aliphatic rings. The molecule has 21 heavy (non-hydrogen) atoms. The van der Waals surface area contributed by atoms with E-state index in [1.807, 2.05) is 23.1 Å². The summed E-state index contributed by atoms with van der Waals surface area (Å²) in [4.78, 5) is 2.59. The summed E-state index contributed by atoms with van der Waals surface area (Å²) in [5.74, 6) is 0.827. The quantitative estimate of drug-likeness (QED) is 0.935. The highest BCUT2D eigenvalue weighted by molar-refractivity contribution is 5.47. The first-order valence-electron chi connectivity index (χ1n) is 7.92. The molecule has 0 radical (unpaired) electrons. The van der Waals surface area contributed by atoms with Gasteiger partial charge in [0.05, 0.1) is 6.54 Å². The summed E-state index contributed by atoms with van der Waals surface area (Å²) >= 11 is 0. The average molecular weight is 282 g/mol. The number of benzene rings is 1. The number of nitrogens with zero attached hydrogens (tertiary/aromatic N) is 3. The van der Waals surface area contributed by atoms with Crippen LogP contribution in [0, 0.1) is 5.92 Å². The molecule has 0 saturated carbocycles. The van der Waals surface area contributed by atoms with E-state index < -0.39 is 0 Å². The highest BCUT2D eigenvalue weighted by atomic mass is 15.3. The van der Waals surface area contributed by atoms with Crippen LogP contribution in [0.1, 0.15) is 18.4 Å². The summed E-state index contributed by atoms with van der Waals surface area (Å²) in [6, 6.07) is 11.4. The van der Waals surface area contributed by atoms with Crippen LogP contribution in [0.2, 0.25) is 0 Å². The van der Waals surface area contributed by atoms with E-state index in [0.29, 0.717) is 6.04 Å². The average Bonchev–Trinajstić information content (AvgIpc) is 3.13. The fraction of sp³-hybridized carbons (Fsp3) is 0.471. The van der Waals surface area contributed by atoms with Crippen LogP contribution in [0.5, 0.6) is 0 Å². The zero-order valence-electron chi connectivity index (χ0n) is 12.3. The maximum atomic E-state index is 4.28. The van der Waals surface area contributed by atoms with Crippen molar-refractivity contribution in [1.29, 1.82) is 0 Å². The summed E-state index contributed by atoms with van der Waals surface area (Å²) in [6.07, 6.45) is 6.46. The van der Waals surface area contributed by atoms with Gasteiger partial charge < -0.3 is 10.2 Å². The second-order valence-electron chi connectivity index (χ2n) is 6.29. The Bertz CT molecular complexity index is 593. The summed E-state index contributed by atoms with van der Waals surface area (Å²) in [5, 5.41) is 8.05. The van der Waals surface area contributed by atoms with Gasteiger partial charge in [0.15, 0.2) is 0 Å². The van der Waals surface area contributed by atoms with E-state index >= 15 is 0 Å². The molecule has 0 amide bonds. The van der Waals surface area contributed by atoms with E-state index in [2.05, 4.69) is 39.6 Å². The topological polar surface area (TPSA) is 33.1 Å². The van der Waals surface area contributed by atoms with Gasteiger partial charge in [-0.05, 0) is 49.1 Å². The predicted octanol–water partition coefficient (Wildman–Crippen LogP) is 2.44. The highest BCUT2D eigenvalue weighted by Crippen LogP contribution is 2.29. The van der Waals surface area contributed by atoms with Crippen molar-refractivity contribution in [1.82, 2.24) is 14.7 Å². The molecule has 2 aromatic rings. The van der Waals surface area contributed by atoms with Crippen LogP contribution in [0.25, 0.3) is 0 Å². The molecule has 4 rings (SSSR count). The fourth-order valence-corrected chi connectivity index (χ4v) is 3.70. The standard InChI is InChI=1S/C17H22N4/c1-3-14(12-21-8-2-7-18-21)11-16(4-1)19-17-6-10-20-9-5-15(17)13-20/h1-4,7-8,11,15,17,19H,5-6,9-10,12-13H2. The molecule has 0 spiro atoms. The first-order valence-corrected chi connectivity index (χ1v) is 7.92. The minimum absolute atomic E-state index is 0.642. The third kappa shape index (κ3) is 2.81. The van der Waals surface area contributed by atoms with Crippen LogP contribution in [0.3, 0.4) is 0 Å². The van der Waals surface area contributed by atoms with Gasteiger partial charge in [-0.1, -0.05) is 12.1 Å². The van der Waals surface area contributed by atoms with Crippen molar-refractivity contribution >= 4 is 5.69 Å². The van der Waals surface area contributed by atoms with E-state index in [1.165, 1.54) is 43.7 Å². The Morgan fingerprint density at radius 1 is 1.19 bits per heavy atom. The maximum Gasteiger partial charge on any atom is 0.0660 e. The van der Waals surface area contributed by atoms with Gasteiger partial charge in [-0.25, -0.2) is 0 Å². The minimum Gasteiger partial charge on any atom is -0.382 e. The minimum atomic E-state index is 0.642. The fourth-order valence-electron chi connectivity index (χ4n) is 3.70. The summed E-state index contributed by atoms with van der Waals surface area (Å²) in [7, 11) is 0. The second kappa shape index (κ2) is 5.53. The summed E-state index contributed by atoms with van der Waals surface area (Å²) in [6.45, 7) is 4.67.